The van der Waals surface area contributed by atoms with Crippen LogP contribution in [0.5, 0.6) is 0 Å². The molecule has 0 radical (unpaired) electrons. The number of phosphoric acid groups is 2. The van der Waals surface area contributed by atoms with E-state index in [0.29, 0.717) is 31.6 Å². The molecule has 19 heteroatoms. The van der Waals surface area contributed by atoms with E-state index in [1.807, 2.05) is 0 Å². The van der Waals surface area contributed by atoms with E-state index in [1.54, 1.807) is 0 Å². The summed E-state index contributed by atoms with van der Waals surface area (Å²) in [6.45, 7) is 14.0. The van der Waals surface area contributed by atoms with Crippen LogP contribution in [-0.4, -0.2) is 96.7 Å². The first kappa shape index (κ1) is 83.1. The van der Waals surface area contributed by atoms with Gasteiger partial charge in [0.1, 0.15) is 19.3 Å². The van der Waals surface area contributed by atoms with Crippen LogP contribution in [0.2, 0.25) is 0 Å². The number of unbranched alkanes of at least 4 members (excludes halogenated alkanes) is 27. The fourth-order valence-electron chi connectivity index (χ4n) is 9.72. The van der Waals surface area contributed by atoms with Crippen molar-refractivity contribution in [2.75, 3.05) is 39.6 Å². The molecule has 0 bridgehead atoms. The van der Waals surface area contributed by atoms with Crippen LogP contribution in [0, 0.1) is 23.7 Å². The molecule has 7 atom stereocenters. The zero-order valence-corrected chi connectivity index (χ0v) is 57.0. The minimum Gasteiger partial charge on any atom is -0.462 e. The highest BCUT2D eigenvalue weighted by atomic mass is 31.2. The lowest BCUT2D eigenvalue weighted by atomic mass is 9.99. The van der Waals surface area contributed by atoms with Gasteiger partial charge in [0, 0.05) is 25.7 Å². The van der Waals surface area contributed by atoms with Crippen molar-refractivity contribution in [2.45, 2.75) is 337 Å². The number of carbonyl (C=O) groups is 4. The summed E-state index contributed by atoms with van der Waals surface area (Å²) >= 11 is 0. The number of hydrogen-bond acceptors (Lipinski definition) is 15. The van der Waals surface area contributed by atoms with Crippen molar-refractivity contribution in [1.29, 1.82) is 0 Å². The van der Waals surface area contributed by atoms with E-state index < -0.39 is 97.5 Å². The van der Waals surface area contributed by atoms with Crippen molar-refractivity contribution in [3.05, 3.63) is 0 Å². The molecule has 0 aromatic rings. The summed E-state index contributed by atoms with van der Waals surface area (Å²) in [6, 6.07) is 0. The van der Waals surface area contributed by atoms with Crippen molar-refractivity contribution < 1.29 is 80.2 Å². The zero-order chi connectivity index (χ0) is 63.2. The van der Waals surface area contributed by atoms with Crippen molar-refractivity contribution in [2.24, 2.45) is 23.7 Å². The number of rotatable bonds is 63. The maximum atomic E-state index is 13.0. The highest BCUT2D eigenvalue weighted by molar-refractivity contribution is 7.47. The third-order valence-corrected chi connectivity index (χ3v) is 17.7. The zero-order valence-electron chi connectivity index (χ0n) is 55.2. The molecule has 0 aromatic heterocycles. The van der Waals surface area contributed by atoms with Gasteiger partial charge in [-0.15, -0.1) is 0 Å². The van der Waals surface area contributed by atoms with Gasteiger partial charge >= 0.3 is 39.5 Å². The first-order chi connectivity index (χ1) is 40.7. The molecule has 0 fully saturated rings. The Balaban J connectivity index is 5.26. The standard InChI is InChI=1S/C66H128O17P2/c1-9-58(7)44-36-28-20-15-16-22-32-40-48-65(70)82-61(52-77-64(69)47-39-31-23-17-19-27-35-43-57(5)6)54-80-84(72,73)78-50-60(67)51-79-85(74,75)81-55-62(83-66(71)49-41-33-25-24-29-37-45-59(8)10-2)53-76-63(68)46-38-30-21-14-12-11-13-18-26-34-42-56(3)4/h56-62,67H,9-55H2,1-8H3,(H,72,73)(H,74,75)/t58?,59?,60?,61-,62-/m1/s1. The third-order valence-electron chi connectivity index (χ3n) is 15.8. The molecule has 0 aliphatic rings. The molecule has 0 aliphatic carbocycles. The summed E-state index contributed by atoms with van der Waals surface area (Å²) in [5.41, 5.74) is 0. The van der Waals surface area contributed by atoms with E-state index >= 15 is 0 Å². The topological polar surface area (TPSA) is 237 Å². The van der Waals surface area contributed by atoms with Crippen molar-refractivity contribution in [3.63, 3.8) is 0 Å². The molecular weight excluding hydrogens is 1130 g/mol. The van der Waals surface area contributed by atoms with Gasteiger partial charge in [-0.1, -0.05) is 267 Å². The smallest absolute Gasteiger partial charge is 0.462 e. The molecule has 85 heavy (non-hydrogen) atoms. The summed E-state index contributed by atoms with van der Waals surface area (Å²) in [5.74, 6) is 0.814. The minimum atomic E-state index is -4.95. The predicted molar refractivity (Wildman–Crippen MR) is 340 cm³/mol. The number of aliphatic hydroxyl groups excluding tert-OH is 1. The van der Waals surface area contributed by atoms with Gasteiger partial charge in [-0.25, -0.2) is 9.13 Å². The Morgan fingerprint density at radius 1 is 0.329 bits per heavy atom. The largest absolute Gasteiger partial charge is 0.472 e. The van der Waals surface area contributed by atoms with Gasteiger partial charge in [-0.2, -0.15) is 0 Å². The lowest BCUT2D eigenvalue weighted by molar-refractivity contribution is -0.161. The minimum absolute atomic E-state index is 0.102. The molecule has 0 saturated heterocycles. The monoisotopic (exact) mass is 1250 g/mol. The predicted octanol–water partition coefficient (Wildman–Crippen LogP) is 18.1. The Morgan fingerprint density at radius 2 is 0.565 bits per heavy atom. The molecule has 17 nitrogen and oxygen atoms in total. The van der Waals surface area contributed by atoms with Crippen LogP contribution in [0.25, 0.3) is 0 Å². The second-order valence-electron chi connectivity index (χ2n) is 25.3. The lowest BCUT2D eigenvalue weighted by Gasteiger charge is -2.21. The van der Waals surface area contributed by atoms with E-state index in [-0.39, 0.29) is 25.7 Å². The Bertz CT molecular complexity index is 1700. The maximum absolute atomic E-state index is 13.0. The van der Waals surface area contributed by atoms with E-state index in [0.717, 1.165) is 114 Å². The molecule has 504 valence electrons. The number of hydrogen-bond donors (Lipinski definition) is 3. The first-order valence-electron chi connectivity index (χ1n) is 34.3. The van der Waals surface area contributed by atoms with Crippen LogP contribution in [0.1, 0.15) is 319 Å². The SMILES string of the molecule is CCC(C)CCCCCCCCCCC(=O)O[C@H](COC(=O)CCCCCCCCCC(C)C)COP(=O)(O)OCC(O)COP(=O)(O)OC[C@@H](COC(=O)CCCCCCCCCCCCC(C)C)OC(=O)CCCCCCCCC(C)CC. The van der Waals surface area contributed by atoms with Crippen molar-refractivity contribution >= 4 is 39.5 Å². The van der Waals surface area contributed by atoms with Crippen LogP contribution in [0.15, 0.2) is 0 Å². The second-order valence-corrected chi connectivity index (χ2v) is 28.2. The number of phosphoric ester groups is 2. The Morgan fingerprint density at radius 3 is 0.835 bits per heavy atom. The molecule has 0 spiro atoms. The lowest BCUT2D eigenvalue weighted by Crippen LogP contribution is -2.30. The molecule has 0 amide bonds. The van der Waals surface area contributed by atoms with Crippen LogP contribution < -0.4 is 0 Å². The van der Waals surface area contributed by atoms with Gasteiger partial charge in [0.2, 0.25) is 0 Å². The number of ether oxygens (including phenoxy) is 4. The van der Waals surface area contributed by atoms with Gasteiger partial charge in [-0.3, -0.25) is 37.3 Å². The normalized spacial score (nSPS) is 15.0. The summed E-state index contributed by atoms with van der Waals surface area (Å²) in [7, 11) is -9.89. The number of carbonyl (C=O) groups excluding carboxylic acids is 4. The van der Waals surface area contributed by atoms with E-state index in [2.05, 4.69) is 55.4 Å². The molecule has 0 saturated carbocycles. The van der Waals surface area contributed by atoms with Crippen molar-refractivity contribution in [3.8, 4) is 0 Å². The molecule has 0 aliphatic heterocycles. The van der Waals surface area contributed by atoms with Gasteiger partial charge in [-0.05, 0) is 49.4 Å². The number of esters is 4. The fraction of sp³-hybridized carbons (Fsp3) is 0.939. The van der Waals surface area contributed by atoms with Crippen LogP contribution in [0.3, 0.4) is 0 Å². The summed E-state index contributed by atoms with van der Waals surface area (Å²) < 4.78 is 68.1. The summed E-state index contributed by atoms with van der Waals surface area (Å²) in [6.07, 6.45) is 36.2. The van der Waals surface area contributed by atoms with Gasteiger partial charge in [0.15, 0.2) is 12.2 Å². The average molecular weight is 1260 g/mol. The van der Waals surface area contributed by atoms with Gasteiger partial charge < -0.3 is 33.8 Å². The Labute approximate surface area is 517 Å². The first-order valence-corrected chi connectivity index (χ1v) is 37.3. The molecule has 3 N–H and O–H groups in total. The van der Waals surface area contributed by atoms with Gasteiger partial charge in [0.25, 0.3) is 0 Å². The third kappa shape index (κ3) is 58.2. The Hall–Kier alpha value is -1.94. The van der Waals surface area contributed by atoms with Crippen LogP contribution in [-0.2, 0) is 65.4 Å². The van der Waals surface area contributed by atoms with E-state index in [9.17, 15) is 43.2 Å². The van der Waals surface area contributed by atoms with Crippen LogP contribution >= 0.6 is 15.6 Å². The summed E-state index contributed by atoms with van der Waals surface area (Å²) in [5, 5.41) is 10.6. The fourth-order valence-corrected chi connectivity index (χ4v) is 11.3. The molecular formula is C66H128O17P2. The van der Waals surface area contributed by atoms with E-state index in [4.69, 9.17) is 37.0 Å². The summed E-state index contributed by atoms with van der Waals surface area (Å²) in [4.78, 5) is 72.3. The Kier molecular flexibility index (Phi) is 54.8. The van der Waals surface area contributed by atoms with Crippen molar-refractivity contribution in [1.82, 2.24) is 0 Å². The number of aliphatic hydroxyl groups is 1. The van der Waals surface area contributed by atoms with Crippen LogP contribution in [0.4, 0.5) is 0 Å². The molecule has 0 rings (SSSR count). The second kappa shape index (κ2) is 56.1. The highest BCUT2D eigenvalue weighted by Crippen LogP contribution is 2.45. The maximum Gasteiger partial charge on any atom is 0.472 e. The average Bonchev–Trinajstić information content (AvgIpc) is 3.56. The molecule has 5 unspecified atom stereocenters. The van der Waals surface area contributed by atoms with Gasteiger partial charge in [0.05, 0.1) is 26.4 Å². The quantitative estimate of drug-likeness (QED) is 0.0222. The highest BCUT2D eigenvalue weighted by Gasteiger charge is 2.30. The van der Waals surface area contributed by atoms with E-state index in [1.165, 1.54) is 116 Å². The molecule has 0 heterocycles. The molecule has 0 aromatic carbocycles.